The van der Waals surface area contributed by atoms with Crippen molar-refractivity contribution in [1.29, 1.82) is 0 Å². The van der Waals surface area contributed by atoms with E-state index in [1.54, 1.807) is 11.8 Å². The Morgan fingerprint density at radius 2 is 1.82 bits per heavy atom. The second-order valence-electron chi connectivity index (χ2n) is 10.8. The smallest absolute Gasteiger partial charge is 0.222 e. The van der Waals surface area contributed by atoms with Crippen molar-refractivity contribution >= 4 is 22.8 Å². The van der Waals surface area contributed by atoms with Crippen molar-refractivity contribution in [2.24, 2.45) is 0 Å². The number of rotatable bonds is 9. The van der Waals surface area contributed by atoms with Crippen LogP contribution in [0.15, 0.2) is 12.3 Å². The number of aromatic nitrogens is 5. The third kappa shape index (κ3) is 7.38. The number of pyridine rings is 1. The van der Waals surface area contributed by atoms with Crippen LogP contribution < -0.4 is 16.2 Å². The molecule has 2 fully saturated rings. The van der Waals surface area contributed by atoms with Gasteiger partial charge in [0.25, 0.3) is 0 Å². The number of nitrogen functional groups attached to an aromatic ring is 2. The third-order valence-electron chi connectivity index (χ3n) is 7.99. The van der Waals surface area contributed by atoms with Gasteiger partial charge in [-0.25, -0.2) is 4.98 Å². The van der Waals surface area contributed by atoms with Crippen molar-refractivity contribution in [2.45, 2.75) is 83.7 Å². The summed E-state index contributed by atoms with van der Waals surface area (Å²) >= 11 is 0. The fourth-order valence-electron chi connectivity index (χ4n) is 5.73. The number of unbranched alkanes of at least 4 members (excludes halogenated alkanes) is 3. The molecule has 0 saturated carbocycles. The first kappa shape index (κ1) is 30.0. The Bertz CT molecular complexity index is 1220. The monoisotopic (exact) mass is 554 g/mol. The Balaban J connectivity index is 0.000000470. The van der Waals surface area contributed by atoms with Crippen LogP contribution in [0.3, 0.4) is 0 Å². The van der Waals surface area contributed by atoms with Crippen molar-refractivity contribution in [3.63, 3.8) is 0 Å². The molecule has 0 unspecified atom stereocenters. The number of fused-ring (bicyclic) bond motifs is 1. The Morgan fingerprint density at radius 1 is 1.07 bits per heavy atom. The molecule has 0 spiro atoms. The van der Waals surface area contributed by atoms with Crippen molar-refractivity contribution in [3.8, 4) is 5.75 Å². The summed E-state index contributed by atoms with van der Waals surface area (Å²) in [4.78, 5) is 15.8. The summed E-state index contributed by atoms with van der Waals surface area (Å²) in [6.45, 7) is 8.85. The van der Waals surface area contributed by atoms with Crippen molar-refractivity contribution in [1.82, 2.24) is 29.6 Å². The predicted octanol–water partition coefficient (Wildman–Crippen LogP) is 3.67. The number of hydrogen-bond donors (Lipinski definition) is 3. The molecule has 11 heteroatoms. The molecule has 2 aliphatic rings. The lowest BCUT2D eigenvalue weighted by Gasteiger charge is -2.39. The van der Waals surface area contributed by atoms with Gasteiger partial charge >= 0.3 is 0 Å². The molecule has 0 aromatic carbocycles. The molecule has 0 bridgehead atoms. The van der Waals surface area contributed by atoms with Crippen molar-refractivity contribution in [2.75, 3.05) is 51.5 Å². The van der Waals surface area contributed by atoms with Crippen LogP contribution >= 0.6 is 0 Å². The molecule has 0 radical (unpaired) electrons. The van der Waals surface area contributed by atoms with Gasteiger partial charge in [-0.3, -0.25) is 9.67 Å². The van der Waals surface area contributed by atoms with E-state index in [0.717, 1.165) is 75.5 Å². The minimum atomic E-state index is 0.144. The predicted molar refractivity (Wildman–Crippen MR) is 157 cm³/mol. The third-order valence-corrected chi connectivity index (χ3v) is 7.99. The number of hydrogen-bond acceptors (Lipinski definition) is 10. The van der Waals surface area contributed by atoms with E-state index in [-0.39, 0.29) is 5.95 Å². The number of piperidine rings is 1. The zero-order chi connectivity index (χ0) is 28.5. The molecular formula is C29H46N8O3. The van der Waals surface area contributed by atoms with Crippen LogP contribution in [0.2, 0.25) is 0 Å². The number of methoxy groups -OCH3 is 1. The maximum absolute atomic E-state index is 8.29. The number of nitrogens with zero attached hydrogens (tertiary/aromatic N) is 6. The van der Waals surface area contributed by atoms with Crippen molar-refractivity contribution < 1.29 is 14.6 Å². The molecule has 3 aromatic heterocycles. The molecule has 0 amide bonds. The molecular weight excluding hydrogens is 508 g/mol. The van der Waals surface area contributed by atoms with E-state index in [0.29, 0.717) is 42.0 Å². The second kappa shape index (κ2) is 14.6. The van der Waals surface area contributed by atoms with Crippen LogP contribution in [0.1, 0.15) is 81.2 Å². The molecule has 220 valence electrons. The minimum absolute atomic E-state index is 0.144. The number of aliphatic hydroxyl groups excluding tert-OH is 1. The molecule has 3 aromatic rings. The zero-order valence-corrected chi connectivity index (χ0v) is 24.3. The van der Waals surface area contributed by atoms with E-state index >= 15 is 0 Å². The molecule has 5 heterocycles. The van der Waals surface area contributed by atoms with Crippen LogP contribution in [-0.4, -0.2) is 80.8 Å². The highest BCUT2D eigenvalue weighted by molar-refractivity contribution is 5.87. The van der Waals surface area contributed by atoms with E-state index in [1.165, 1.54) is 24.8 Å². The Kier molecular flexibility index (Phi) is 10.9. The summed E-state index contributed by atoms with van der Waals surface area (Å²) < 4.78 is 13.0. The Morgan fingerprint density at radius 3 is 2.50 bits per heavy atom. The topological polar surface area (TPSA) is 150 Å². The lowest BCUT2D eigenvalue weighted by molar-refractivity contribution is 0.0251. The van der Waals surface area contributed by atoms with Crippen molar-refractivity contribution in [3.05, 3.63) is 29.2 Å². The molecule has 0 atom stereocenters. The SMILES string of the molecule is CCCCCCO.COc1cc(C2CCN(C3CCOCC3)CC2)cnc1Cn1nc(C)c2nc(N)nc(N)c21. The minimum Gasteiger partial charge on any atom is -0.495 e. The maximum atomic E-state index is 8.29. The fraction of sp³-hybridized carbons (Fsp3) is 0.655. The van der Waals surface area contributed by atoms with E-state index in [1.807, 2.05) is 13.1 Å². The number of likely N-dealkylation sites (tertiary alicyclic amines) is 1. The molecule has 40 heavy (non-hydrogen) atoms. The second-order valence-corrected chi connectivity index (χ2v) is 10.8. The number of aliphatic hydroxyl groups is 1. The van der Waals surface area contributed by atoms with Gasteiger partial charge in [0.2, 0.25) is 5.95 Å². The van der Waals surface area contributed by atoms with Crippen LogP contribution in [0.25, 0.3) is 11.0 Å². The van der Waals surface area contributed by atoms with E-state index < -0.39 is 0 Å². The largest absolute Gasteiger partial charge is 0.495 e. The summed E-state index contributed by atoms with van der Waals surface area (Å²) in [6.07, 6.45) is 11.3. The van der Waals surface area contributed by atoms with Gasteiger partial charge < -0.3 is 30.9 Å². The Labute approximate surface area is 237 Å². The quantitative estimate of drug-likeness (QED) is 0.334. The van der Waals surface area contributed by atoms with Gasteiger partial charge in [-0.15, -0.1) is 0 Å². The first-order chi connectivity index (χ1) is 19.4. The lowest BCUT2D eigenvalue weighted by atomic mass is 9.89. The molecule has 2 aliphatic heterocycles. The molecule has 0 aliphatic carbocycles. The first-order valence-electron chi connectivity index (χ1n) is 14.7. The summed E-state index contributed by atoms with van der Waals surface area (Å²) in [5.41, 5.74) is 16.0. The summed E-state index contributed by atoms with van der Waals surface area (Å²) in [6, 6.07) is 2.81. The number of nitrogens with two attached hydrogens (primary N) is 2. The van der Waals surface area contributed by atoms with Crippen LogP contribution in [-0.2, 0) is 11.3 Å². The summed E-state index contributed by atoms with van der Waals surface area (Å²) in [7, 11) is 1.68. The average Bonchev–Trinajstić information content (AvgIpc) is 3.29. The van der Waals surface area contributed by atoms with E-state index in [4.69, 9.17) is 31.0 Å². The number of aryl methyl sites for hydroxylation is 1. The summed E-state index contributed by atoms with van der Waals surface area (Å²) in [5.74, 6) is 1.71. The van der Waals surface area contributed by atoms with Gasteiger partial charge in [0.05, 0.1) is 19.3 Å². The molecule has 5 N–H and O–H groups in total. The lowest BCUT2D eigenvalue weighted by Crippen LogP contribution is -2.43. The Hall–Kier alpha value is -3.02. The van der Waals surface area contributed by atoms with Gasteiger partial charge in [-0.05, 0) is 69.7 Å². The molecule has 5 rings (SSSR count). The van der Waals surface area contributed by atoms with Gasteiger partial charge in [0.1, 0.15) is 22.5 Å². The first-order valence-corrected chi connectivity index (χ1v) is 14.7. The van der Waals surface area contributed by atoms with Gasteiger partial charge in [-0.1, -0.05) is 26.2 Å². The summed E-state index contributed by atoms with van der Waals surface area (Å²) in [5, 5.41) is 12.9. The highest BCUT2D eigenvalue weighted by Gasteiger charge is 2.28. The van der Waals surface area contributed by atoms with Gasteiger partial charge in [0, 0.05) is 32.1 Å². The van der Waals surface area contributed by atoms with Crippen LogP contribution in [0, 0.1) is 6.92 Å². The molecule has 11 nitrogen and oxygen atoms in total. The zero-order valence-electron chi connectivity index (χ0n) is 24.3. The van der Waals surface area contributed by atoms with E-state index in [9.17, 15) is 0 Å². The molecule has 2 saturated heterocycles. The normalized spacial score (nSPS) is 17.1. The maximum Gasteiger partial charge on any atom is 0.222 e. The van der Waals surface area contributed by atoms with Gasteiger partial charge in [-0.2, -0.15) is 10.1 Å². The van der Waals surface area contributed by atoms with E-state index in [2.05, 4.69) is 33.0 Å². The van der Waals surface area contributed by atoms with Gasteiger partial charge in [0.15, 0.2) is 5.82 Å². The number of ether oxygens (including phenoxy) is 2. The average molecular weight is 555 g/mol. The van der Waals surface area contributed by atoms with Crippen LogP contribution in [0.4, 0.5) is 11.8 Å². The fourth-order valence-corrected chi connectivity index (χ4v) is 5.73. The standard InChI is InChI=1S/C23H32N8O2.C6H14O/c1-14-20-21(22(24)28-23(25)27-20)31(29-14)13-18-19(32-2)11-16(12-26-18)15-3-7-30(8-4-15)17-5-9-33-10-6-17;1-2-3-4-5-6-7/h11-12,15,17H,3-10,13H2,1-2H3,(H4,24,25,27,28);7H,2-6H2,1H3. The highest BCUT2D eigenvalue weighted by Crippen LogP contribution is 2.33. The number of anilines is 2. The highest BCUT2D eigenvalue weighted by atomic mass is 16.5. The van der Waals surface area contributed by atoms with Crippen LogP contribution in [0.5, 0.6) is 5.75 Å².